The smallest absolute Gasteiger partial charge is 0.339 e. The van der Waals surface area contributed by atoms with Crippen LogP contribution >= 0.6 is 0 Å². The Bertz CT molecular complexity index is 618. The Hall–Kier alpha value is -2.43. The van der Waals surface area contributed by atoms with E-state index in [4.69, 9.17) is 9.84 Å². The highest BCUT2D eigenvalue weighted by atomic mass is 16.5. The van der Waals surface area contributed by atoms with Crippen LogP contribution in [0.5, 0.6) is 11.6 Å². The number of aromatic nitrogens is 2. The first-order valence-corrected chi connectivity index (χ1v) is 5.80. The summed E-state index contributed by atoms with van der Waals surface area (Å²) < 4.78 is 5.56. The maximum absolute atomic E-state index is 11.2. The predicted octanol–water partition coefficient (Wildman–Crippen LogP) is 2.89. The number of carboxylic acid groups (broad SMARTS) is 1. The lowest BCUT2D eigenvalue weighted by molar-refractivity contribution is 0.0694. The molecule has 1 aromatic heterocycles. The molecule has 0 aliphatic rings. The predicted molar refractivity (Wildman–Crippen MR) is 69.7 cm³/mol. The summed E-state index contributed by atoms with van der Waals surface area (Å²) in [4.78, 5) is 19.5. The molecule has 2 rings (SSSR count). The monoisotopic (exact) mass is 258 g/mol. The maximum atomic E-state index is 11.2. The van der Waals surface area contributed by atoms with Gasteiger partial charge in [-0.15, -0.1) is 0 Å². The third-order valence-electron chi connectivity index (χ3n) is 2.52. The minimum absolute atomic E-state index is 0.119. The second-order valence-electron chi connectivity index (χ2n) is 4.30. The molecule has 98 valence electrons. The average Bonchev–Trinajstić information content (AvgIpc) is 2.30. The van der Waals surface area contributed by atoms with Gasteiger partial charge in [-0.2, -0.15) is 4.98 Å². The Morgan fingerprint density at radius 3 is 2.53 bits per heavy atom. The zero-order valence-electron chi connectivity index (χ0n) is 11.0. The van der Waals surface area contributed by atoms with E-state index in [9.17, 15) is 4.79 Å². The van der Waals surface area contributed by atoms with Crippen LogP contribution in [0.1, 0.15) is 27.4 Å². The fourth-order valence-electron chi connectivity index (χ4n) is 1.75. The summed E-state index contributed by atoms with van der Waals surface area (Å²) in [6.07, 6.45) is 0. The quantitative estimate of drug-likeness (QED) is 0.916. The zero-order chi connectivity index (χ0) is 14.0. The second kappa shape index (κ2) is 5.06. The third-order valence-corrected chi connectivity index (χ3v) is 2.52. The minimum Gasteiger partial charge on any atom is -0.478 e. The summed E-state index contributed by atoms with van der Waals surface area (Å²) in [5, 5.41) is 9.16. The van der Waals surface area contributed by atoms with Crippen molar-refractivity contribution < 1.29 is 14.6 Å². The molecule has 0 bridgehead atoms. The normalized spacial score (nSPS) is 10.3. The fourth-order valence-corrected chi connectivity index (χ4v) is 1.75. The summed E-state index contributed by atoms with van der Waals surface area (Å²) >= 11 is 0. The molecule has 1 heterocycles. The van der Waals surface area contributed by atoms with E-state index in [-0.39, 0.29) is 11.3 Å². The van der Waals surface area contributed by atoms with Crippen molar-refractivity contribution in [2.75, 3.05) is 0 Å². The van der Waals surface area contributed by atoms with Gasteiger partial charge in [0.25, 0.3) is 0 Å². The first-order valence-electron chi connectivity index (χ1n) is 5.80. The molecule has 0 spiro atoms. The van der Waals surface area contributed by atoms with Crippen LogP contribution in [0.25, 0.3) is 0 Å². The van der Waals surface area contributed by atoms with Crippen LogP contribution in [-0.4, -0.2) is 21.0 Å². The highest BCUT2D eigenvalue weighted by molar-refractivity contribution is 5.91. The average molecular weight is 258 g/mol. The zero-order valence-corrected chi connectivity index (χ0v) is 11.0. The number of rotatable bonds is 3. The molecule has 5 heteroatoms. The lowest BCUT2D eigenvalue weighted by Crippen LogP contribution is -2.02. The van der Waals surface area contributed by atoms with Gasteiger partial charge >= 0.3 is 5.97 Å². The van der Waals surface area contributed by atoms with Gasteiger partial charge in [-0.3, -0.25) is 0 Å². The highest BCUT2D eigenvalue weighted by Gasteiger charge is 2.13. The molecule has 0 aliphatic heterocycles. The number of ether oxygens (including phenoxy) is 1. The van der Waals surface area contributed by atoms with Gasteiger partial charge in [0.1, 0.15) is 17.1 Å². The highest BCUT2D eigenvalue weighted by Crippen LogP contribution is 2.25. The van der Waals surface area contributed by atoms with Gasteiger partial charge in [0.05, 0.1) is 0 Å². The lowest BCUT2D eigenvalue weighted by atomic mass is 10.1. The molecule has 0 saturated carbocycles. The van der Waals surface area contributed by atoms with Crippen molar-refractivity contribution in [2.45, 2.75) is 20.8 Å². The molecule has 0 fully saturated rings. The molecule has 19 heavy (non-hydrogen) atoms. The van der Waals surface area contributed by atoms with Crippen LogP contribution in [0.3, 0.4) is 0 Å². The van der Waals surface area contributed by atoms with Gasteiger partial charge in [-0.05, 0) is 32.9 Å². The Morgan fingerprint density at radius 1 is 1.16 bits per heavy atom. The second-order valence-corrected chi connectivity index (χ2v) is 4.30. The Morgan fingerprint density at radius 2 is 1.89 bits per heavy atom. The van der Waals surface area contributed by atoms with Crippen molar-refractivity contribution >= 4 is 5.97 Å². The number of hydrogen-bond donors (Lipinski definition) is 1. The summed E-state index contributed by atoms with van der Waals surface area (Å²) in [6.45, 7) is 5.41. The molecule has 0 radical (unpaired) electrons. The van der Waals surface area contributed by atoms with E-state index in [1.807, 2.05) is 13.8 Å². The molecule has 0 atom stereocenters. The topological polar surface area (TPSA) is 72.3 Å². The standard InChI is InChI=1S/C14H14N2O3/c1-8-4-5-12(11(6-8)14(17)18)19-13-7-9(2)15-10(3)16-13/h4-7H,1-3H3,(H,17,18). The number of benzene rings is 1. The first-order chi connectivity index (χ1) is 8.95. The van der Waals surface area contributed by atoms with Crippen LogP contribution in [0.2, 0.25) is 0 Å². The van der Waals surface area contributed by atoms with Crippen molar-refractivity contribution in [1.29, 1.82) is 0 Å². The first kappa shape index (κ1) is 13.0. The van der Waals surface area contributed by atoms with Gasteiger partial charge in [0.15, 0.2) is 0 Å². The summed E-state index contributed by atoms with van der Waals surface area (Å²) in [7, 11) is 0. The van der Waals surface area contributed by atoms with Crippen LogP contribution in [0, 0.1) is 20.8 Å². The number of carboxylic acids is 1. The fraction of sp³-hybridized carbons (Fsp3) is 0.214. The molecule has 0 saturated heterocycles. The molecule has 0 aliphatic carbocycles. The summed E-state index contributed by atoms with van der Waals surface area (Å²) in [5.74, 6) is 0.173. The van der Waals surface area contributed by atoms with Crippen molar-refractivity contribution in [3.8, 4) is 11.6 Å². The molecule has 1 N–H and O–H groups in total. The van der Waals surface area contributed by atoms with E-state index in [0.717, 1.165) is 11.3 Å². The van der Waals surface area contributed by atoms with E-state index >= 15 is 0 Å². The number of carbonyl (C=O) groups is 1. The van der Waals surface area contributed by atoms with Gasteiger partial charge in [0, 0.05) is 11.8 Å². The maximum Gasteiger partial charge on any atom is 0.339 e. The largest absolute Gasteiger partial charge is 0.478 e. The molecular formula is C14H14N2O3. The number of nitrogens with zero attached hydrogens (tertiary/aromatic N) is 2. The van der Waals surface area contributed by atoms with Crippen LogP contribution < -0.4 is 4.74 Å². The van der Waals surface area contributed by atoms with Gasteiger partial charge in [-0.1, -0.05) is 11.6 Å². The number of hydrogen-bond acceptors (Lipinski definition) is 4. The van der Waals surface area contributed by atoms with Gasteiger partial charge in [-0.25, -0.2) is 9.78 Å². The summed E-state index contributed by atoms with van der Waals surface area (Å²) in [6, 6.07) is 6.66. The van der Waals surface area contributed by atoms with E-state index in [1.165, 1.54) is 0 Å². The Labute approximate surface area is 110 Å². The van der Waals surface area contributed by atoms with Crippen molar-refractivity contribution in [3.63, 3.8) is 0 Å². The molecule has 5 nitrogen and oxygen atoms in total. The van der Waals surface area contributed by atoms with E-state index < -0.39 is 5.97 Å². The Balaban J connectivity index is 2.40. The molecule has 2 aromatic rings. The van der Waals surface area contributed by atoms with Crippen molar-refractivity contribution in [3.05, 3.63) is 46.9 Å². The molecule has 1 aromatic carbocycles. The van der Waals surface area contributed by atoms with Crippen LogP contribution in [-0.2, 0) is 0 Å². The van der Waals surface area contributed by atoms with E-state index in [2.05, 4.69) is 9.97 Å². The van der Waals surface area contributed by atoms with Crippen molar-refractivity contribution in [2.24, 2.45) is 0 Å². The van der Waals surface area contributed by atoms with Crippen molar-refractivity contribution in [1.82, 2.24) is 9.97 Å². The third kappa shape index (κ3) is 3.07. The lowest BCUT2D eigenvalue weighted by Gasteiger charge is -2.09. The molecular weight excluding hydrogens is 244 g/mol. The van der Waals surface area contributed by atoms with Gasteiger partial charge in [0.2, 0.25) is 5.88 Å². The van der Waals surface area contributed by atoms with E-state index in [0.29, 0.717) is 11.7 Å². The minimum atomic E-state index is -1.03. The molecule has 0 unspecified atom stereocenters. The SMILES string of the molecule is Cc1ccc(Oc2cc(C)nc(C)n2)c(C(=O)O)c1. The number of aryl methyl sites for hydroxylation is 3. The summed E-state index contributed by atoms with van der Waals surface area (Å²) in [5.41, 5.74) is 1.75. The van der Waals surface area contributed by atoms with Gasteiger partial charge < -0.3 is 9.84 Å². The van der Waals surface area contributed by atoms with E-state index in [1.54, 1.807) is 31.2 Å². The van der Waals surface area contributed by atoms with Crippen LogP contribution in [0.4, 0.5) is 0 Å². The Kier molecular flexibility index (Phi) is 3.46. The number of aromatic carboxylic acids is 1. The van der Waals surface area contributed by atoms with Crippen LogP contribution in [0.15, 0.2) is 24.3 Å². The molecule has 0 amide bonds.